The molecule has 6 heteroatoms. The SMILES string of the molecule is CC(NC(=O)/C=C/c1ccc(C(N)=O)cc1)c1csc(C2CC2)n1. The summed E-state index contributed by atoms with van der Waals surface area (Å²) in [5.74, 6) is -0.0108. The molecule has 1 saturated carbocycles. The van der Waals surface area contributed by atoms with Gasteiger partial charge in [0.1, 0.15) is 0 Å². The third-order valence-corrected chi connectivity index (χ3v) is 4.92. The van der Waals surface area contributed by atoms with Gasteiger partial charge in [-0.25, -0.2) is 4.98 Å². The summed E-state index contributed by atoms with van der Waals surface area (Å²) in [6.45, 7) is 1.93. The highest BCUT2D eigenvalue weighted by atomic mass is 32.1. The lowest BCUT2D eigenvalue weighted by Gasteiger charge is -2.09. The van der Waals surface area contributed by atoms with E-state index < -0.39 is 5.91 Å². The van der Waals surface area contributed by atoms with E-state index in [1.54, 1.807) is 41.7 Å². The zero-order valence-corrected chi connectivity index (χ0v) is 14.2. The van der Waals surface area contributed by atoms with Gasteiger partial charge < -0.3 is 11.1 Å². The van der Waals surface area contributed by atoms with E-state index in [0.717, 1.165) is 11.3 Å². The van der Waals surface area contributed by atoms with E-state index in [0.29, 0.717) is 11.5 Å². The molecule has 2 amide bonds. The van der Waals surface area contributed by atoms with E-state index in [9.17, 15) is 9.59 Å². The van der Waals surface area contributed by atoms with Crippen molar-refractivity contribution < 1.29 is 9.59 Å². The summed E-state index contributed by atoms with van der Waals surface area (Å²) in [5.41, 5.74) is 7.38. The topological polar surface area (TPSA) is 85.1 Å². The van der Waals surface area contributed by atoms with Crippen LogP contribution in [-0.4, -0.2) is 16.8 Å². The lowest BCUT2D eigenvalue weighted by molar-refractivity contribution is -0.117. The molecule has 1 fully saturated rings. The number of benzene rings is 1. The van der Waals surface area contributed by atoms with Gasteiger partial charge in [-0.15, -0.1) is 11.3 Å². The molecule has 1 aromatic carbocycles. The quantitative estimate of drug-likeness (QED) is 0.792. The molecule has 3 N–H and O–H groups in total. The molecular formula is C18H19N3O2S. The van der Waals surface area contributed by atoms with E-state index in [1.165, 1.54) is 23.9 Å². The lowest BCUT2D eigenvalue weighted by atomic mass is 10.1. The zero-order valence-electron chi connectivity index (χ0n) is 13.4. The fourth-order valence-electron chi connectivity index (χ4n) is 2.28. The molecule has 0 bridgehead atoms. The molecule has 5 nitrogen and oxygen atoms in total. The summed E-state index contributed by atoms with van der Waals surface area (Å²) >= 11 is 1.67. The molecule has 24 heavy (non-hydrogen) atoms. The molecule has 124 valence electrons. The molecule has 1 heterocycles. The van der Waals surface area contributed by atoms with Crippen molar-refractivity contribution in [2.45, 2.75) is 31.7 Å². The van der Waals surface area contributed by atoms with Gasteiger partial charge in [0.2, 0.25) is 11.8 Å². The van der Waals surface area contributed by atoms with Crippen molar-refractivity contribution in [3.05, 3.63) is 57.6 Å². The number of amides is 2. The van der Waals surface area contributed by atoms with Crippen LogP contribution in [-0.2, 0) is 4.79 Å². The maximum Gasteiger partial charge on any atom is 0.248 e. The van der Waals surface area contributed by atoms with Gasteiger partial charge in [0.25, 0.3) is 0 Å². The van der Waals surface area contributed by atoms with Crippen molar-refractivity contribution in [2.24, 2.45) is 5.73 Å². The van der Waals surface area contributed by atoms with Crippen LogP contribution in [0.5, 0.6) is 0 Å². The molecular weight excluding hydrogens is 322 g/mol. The van der Waals surface area contributed by atoms with Gasteiger partial charge in [0.15, 0.2) is 0 Å². The van der Waals surface area contributed by atoms with Crippen molar-refractivity contribution in [1.29, 1.82) is 0 Å². The fourth-order valence-corrected chi connectivity index (χ4v) is 3.37. The molecule has 2 aromatic rings. The third kappa shape index (κ3) is 4.08. The molecule has 3 rings (SSSR count). The summed E-state index contributed by atoms with van der Waals surface area (Å²) in [6.07, 6.45) is 5.63. The Kier molecular flexibility index (Phi) is 4.76. The molecule has 1 unspecified atom stereocenters. The van der Waals surface area contributed by atoms with E-state index in [2.05, 4.69) is 10.3 Å². The molecule has 0 saturated heterocycles. The standard InChI is InChI=1S/C18H19N3O2S/c1-11(15-10-24-18(21-15)14-7-8-14)20-16(22)9-4-12-2-5-13(6-3-12)17(19)23/h2-6,9-11,14H,7-8H2,1H3,(H2,19,23)(H,20,22)/b9-4+. The minimum atomic E-state index is -0.467. The fraction of sp³-hybridized carbons (Fsp3) is 0.278. The Morgan fingerprint density at radius 2 is 2.04 bits per heavy atom. The number of aromatic nitrogens is 1. The van der Waals surface area contributed by atoms with Gasteiger partial charge in [0, 0.05) is 22.9 Å². The van der Waals surface area contributed by atoms with E-state index in [-0.39, 0.29) is 11.9 Å². The maximum absolute atomic E-state index is 12.0. The number of nitrogens with two attached hydrogens (primary N) is 1. The minimum absolute atomic E-state index is 0.122. The molecule has 1 aromatic heterocycles. The van der Waals surface area contributed by atoms with Gasteiger partial charge in [-0.05, 0) is 43.5 Å². The summed E-state index contributed by atoms with van der Waals surface area (Å²) in [4.78, 5) is 27.7. The number of carbonyl (C=O) groups excluding carboxylic acids is 2. The highest BCUT2D eigenvalue weighted by Gasteiger charge is 2.27. The Labute approximate surface area is 144 Å². The summed E-state index contributed by atoms with van der Waals surface area (Å²) in [6, 6.07) is 6.64. The van der Waals surface area contributed by atoms with Crippen LogP contribution < -0.4 is 11.1 Å². The van der Waals surface area contributed by atoms with Crippen molar-refractivity contribution in [1.82, 2.24) is 10.3 Å². The van der Waals surface area contributed by atoms with Crippen LogP contribution >= 0.6 is 11.3 Å². The number of hydrogen-bond donors (Lipinski definition) is 2. The third-order valence-electron chi connectivity index (χ3n) is 3.89. The largest absolute Gasteiger partial charge is 0.366 e. The van der Waals surface area contributed by atoms with Crippen molar-refractivity contribution >= 4 is 29.2 Å². The second-order valence-electron chi connectivity index (χ2n) is 5.93. The highest BCUT2D eigenvalue weighted by Crippen LogP contribution is 2.41. The normalized spacial score (nSPS) is 15.4. The first kappa shape index (κ1) is 16.4. The summed E-state index contributed by atoms with van der Waals surface area (Å²) in [5, 5.41) is 6.11. The molecule has 0 radical (unpaired) electrons. The lowest BCUT2D eigenvalue weighted by Crippen LogP contribution is -2.24. The Bertz CT molecular complexity index is 776. The minimum Gasteiger partial charge on any atom is -0.366 e. The number of thiazole rings is 1. The van der Waals surface area contributed by atoms with Gasteiger partial charge in [-0.2, -0.15) is 0 Å². The second kappa shape index (κ2) is 6.97. The average Bonchev–Trinajstić information content (AvgIpc) is 3.30. The Morgan fingerprint density at radius 1 is 1.33 bits per heavy atom. The van der Waals surface area contributed by atoms with Crippen molar-refractivity contribution in [3.63, 3.8) is 0 Å². The molecule has 1 aliphatic rings. The number of nitrogens with zero attached hydrogens (tertiary/aromatic N) is 1. The first-order chi connectivity index (χ1) is 11.5. The zero-order chi connectivity index (χ0) is 17.1. The van der Waals surface area contributed by atoms with Gasteiger partial charge >= 0.3 is 0 Å². The maximum atomic E-state index is 12.0. The highest BCUT2D eigenvalue weighted by molar-refractivity contribution is 7.09. The number of carbonyl (C=O) groups is 2. The van der Waals surface area contributed by atoms with Crippen LogP contribution in [0.25, 0.3) is 6.08 Å². The van der Waals surface area contributed by atoms with Crippen molar-refractivity contribution in [2.75, 3.05) is 0 Å². The Morgan fingerprint density at radius 3 is 2.67 bits per heavy atom. The molecule has 1 atom stereocenters. The number of hydrogen-bond acceptors (Lipinski definition) is 4. The van der Waals surface area contributed by atoms with Gasteiger partial charge in [-0.3, -0.25) is 9.59 Å². The molecule has 1 aliphatic carbocycles. The number of nitrogens with one attached hydrogen (secondary N) is 1. The summed E-state index contributed by atoms with van der Waals surface area (Å²) in [7, 11) is 0. The van der Waals surface area contributed by atoms with Crippen LogP contribution in [0.4, 0.5) is 0 Å². The van der Waals surface area contributed by atoms with Crippen LogP contribution in [0.2, 0.25) is 0 Å². The molecule has 0 aliphatic heterocycles. The van der Waals surface area contributed by atoms with Gasteiger partial charge in [-0.1, -0.05) is 12.1 Å². The van der Waals surface area contributed by atoms with E-state index in [1.807, 2.05) is 12.3 Å². The van der Waals surface area contributed by atoms with E-state index in [4.69, 9.17) is 5.73 Å². The number of primary amides is 1. The van der Waals surface area contributed by atoms with Crippen LogP contribution in [0.3, 0.4) is 0 Å². The van der Waals surface area contributed by atoms with Gasteiger partial charge in [0.05, 0.1) is 16.7 Å². The predicted molar refractivity (Wildman–Crippen MR) is 94.6 cm³/mol. The van der Waals surface area contributed by atoms with Crippen LogP contribution in [0.15, 0.2) is 35.7 Å². The van der Waals surface area contributed by atoms with Crippen LogP contribution in [0.1, 0.15) is 58.3 Å². The van der Waals surface area contributed by atoms with E-state index >= 15 is 0 Å². The smallest absolute Gasteiger partial charge is 0.248 e. The predicted octanol–water partition coefficient (Wildman–Crippen LogP) is 3.01. The Balaban J connectivity index is 1.56. The first-order valence-corrected chi connectivity index (χ1v) is 8.74. The van der Waals surface area contributed by atoms with Crippen molar-refractivity contribution in [3.8, 4) is 0 Å². The Hall–Kier alpha value is -2.47. The molecule has 0 spiro atoms. The number of rotatable bonds is 6. The monoisotopic (exact) mass is 341 g/mol. The average molecular weight is 341 g/mol. The second-order valence-corrected chi connectivity index (χ2v) is 6.82. The first-order valence-electron chi connectivity index (χ1n) is 7.86. The van der Waals surface area contributed by atoms with Crippen LogP contribution in [0, 0.1) is 0 Å². The summed E-state index contributed by atoms with van der Waals surface area (Å²) < 4.78 is 0.